The van der Waals surface area contributed by atoms with Crippen LogP contribution in [0.3, 0.4) is 0 Å². The maximum Gasteiger partial charge on any atom is 0.313 e. The molecule has 0 amide bonds. The quantitative estimate of drug-likeness (QED) is 0.577. The molecule has 0 N–H and O–H groups in total. The Morgan fingerprint density at radius 2 is 2.08 bits per heavy atom. The van der Waals surface area contributed by atoms with E-state index in [1.165, 1.54) is 12.1 Å². The lowest BCUT2D eigenvalue weighted by molar-refractivity contribution is -0.157. The molecule has 0 saturated carbocycles. The van der Waals surface area contributed by atoms with Crippen molar-refractivity contribution >= 4 is 5.97 Å². The molecule has 2 atom stereocenters. The minimum Gasteiger partial charge on any atom is -0.466 e. The van der Waals surface area contributed by atoms with Crippen molar-refractivity contribution in [3.05, 3.63) is 48.3 Å². The molecular weight excluding hydrogens is 331 g/mol. The van der Waals surface area contributed by atoms with E-state index >= 15 is 0 Å². The number of benzene rings is 1. The van der Waals surface area contributed by atoms with Crippen LogP contribution in [0.15, 0.2) is 36.9 Å². The average molecular weight is 360 g/mol. The van der Waals surface area contributed by atoms with Gasteiger partial charge in [-0.05, 0) is 44.0 Å². The van der Waals surface area contributed by atoms with E-state index in [4.69, 9.17) is 4.74 Å². The third-order valence-corrected chi connectivity index (χ3v) is 5.73. The number of likely N-dealkylation sites (tertiary alicyclic amines) is 2. The van der Waals surface area contributed by atoms with E-state index in [2.05, 4.69) is 16.4 Å². The Bertz CT molecular complexity index is 633. The Morgan fingerprint density at radius 1 is 1.35 bits per heavy atom. The normalized spacial score (nSPS) is 26.9. The van der Waals surface area contributed by atoms with Crippen molar-refractivity contribution in [2.45, 2.75) is 26.3 Å². The van der Waals surface area contributed by atoms with Crippen molar-refractivity contribution in [1.82, 2.24) is 9.80 Å². The fourth-order valence-electron chi connectivity index (χ4n) is 4.54. The predicted molar refractivity (Wildman–Crippen MR) is 100 cm³/mol. The first kappa shape index (κ1) is 19.1. The van der Waals surface area contributed by atoms with Crippen molar-refractivity contribution in [2.75, 3.05) is 39.3 Å². The topological polar surface area (TPSA) is 32.8 Å². The molecule has 1 aromatic rings. The van der Waals surface area contributed by atoms with Crippen LogP contribution >= 0.6 is 0 Å². The second kappa shape index (κ2) is 8.31. The first-order chi connectivity index (χ1) is 12.6. The van der Waals surface area contributed by atoms with Gasteiger partial charge in [0, 0.05) is 38.6 Å². The largest absolute Gasteiger partial charge is 0.466 e. The summed E-state index contributed by atoms with van der Waals surface area (Å²) in [5, 5.41) is 0. The smallest absolute Gasteiger partial charge is 0.313 e. The van der Waals surface area contributed by atoms with Gasteiger partial charge in [0.2, 0.25) is 0 Å². The zero-order valence-corrected chi connectivity index (χ0v) is 15.6. The maximum absolute atomic E-state index is 13.2. The zero-order valence-electron chi connectivity index (χ0n) is 15.6. The third kappa shape index (κ3) is 3.99. The van der Waals surface area contributed by atoms with Gasteiger partial charge in [-0.25, -0.2) is 4.39 Å². The van der Waals surface area contributed by atoms with Crippen molar-refractivity contribution < 1.29 is 13.9 Å². The number of carbonyl (C=O) groups excluding carboxylic acids is 1. The molecule has 0 unspecified atom stereocenters. The number of carbonyl (C=O) groups is 1. The molecule has 2 fully saturated rings. The molecule has 0 aliphatic carbocycles. The van der Waals surface area contributed by atoms with E-state index < -0.39 is 5.41 Å². The molecule has 0 bridgehead atoms. The van der Waals surface area contributed by atoms with Crippen LogP contribution in [-0.4, -0.2) is 55.1 Å². The highest BCUT2D eigenvalue weighted by Crippen LogP contribution is 2.43. The molecule has 0 spiro atoms. The van der Waals surface area contributed by atoms with Crippen LogP contribution in [0.5, 0.6) is 0 Å². The lowest BCUT2D eigenvalue weighted by atomic mass is 9.75. The summed E-state index contributed by atoms with van der Waals surface area (Å²) in [6, 6.07) is 6.71. The van der Waals surface area contributed by atoms with E-state index in [1.807, 2.05) is 25.1 Å². The van der Waals surface area contributed by atoms with Gasteiger partial charge in [0.05, 0.1) is 12.0 Å². The average Bonchev–Trinajstić information content (AvgIpc) is 2.86. The van der Waals surface area contributed by atoms with Gasteiger partial charge in [-0.3, -0.25) is 14.6 Å². The van der Waals surface area contributed by atoms with Crippen LogP contribution < -0.4 is 0 Å². The van der Waals surface area contributed by atoms with Gasteiger partial charge in [0.15, 0.2) is 0 Å². The Labute approximate surface area is 155 Å². The lowest BCUT2D eigenvalue weighted by Crippen LogP contribution is -2.42. The van der Waals surface area contributed by atoms with Gasteiger partial charge in [-0.15, -0.1) is 6.58 Å². The van der Waals surface area contributed by atoms with E-state index in [0.29, 0.717) is 6.61 Å². The fraction of sp³-hybridized carbons (Fsp3) is 0.571. The van der Waals surface area contributed by atoms with Crippen molar-refractivity contribution in [1.29, 1.82) is 0 Å². The number of ether oxygens (including phenoxy) is 1. The fourth-order valence-corrected chi connectivity index (χ4v) is 4.54. The molecule has 3 rings (SSSR count). The number of halogens is 1. The molecule has 0 aromatic heterocycles. The standard InChI is InChI=1S/C21H29FN2O2/c1-3-11-24-15-18-14-23(13-17-6-8-19(22)9-7-17)12-5-10-21(18,16-24)20(25)26-4-2/h3,6-9,18H,1,4-5,10-16H2,2H3/t18-,21-/m0/s1. The van der Waals surface area contributed by atoms with Crippen molar-refractivity contribution in [3.8, 4) is 0 Å². The molecule has 4 nitrogen and oxygen atoms in total. The van der Waals surface area contributed by atoms with Crippen LogP contribution in [0, 0.1) is 17.2 Å². The Hall–Kier alpha value is -1.72. The summed E-state index contributed by atoms with van der Waals surface area (Å²) < 4.78 is 18.6. The van der Waals surface area contributed by atoms with Gasteiger partial charge in [-0.1, -0.05) is 18.2 Å². The second-order valence-electron chi connectivity index (χ2n) is 7.52. The van der Waals surface area contributed by atoms with Gasteiger partial charge in [0.25, 0.3) is 0 Å². The Kier molecular flexibility index (Phi) is 6.09. The summed E-state index contributed by atoms with van der Waals surface area (Å²) in [7, 11) is 0. The number of nitrogens with zero attached hydrogens (tertiary/aromatic N) is 2. The van der Waals surface area contributed by atoms with Crippen molar-refractivity contribution in [2.24, 2.45) is 11.3 Å². The summed E-state index contributed by atoms with van der Waals surface area (Å²) in [4.78, 5) is 17.6. The zero-order chi connectivity index (χ0) is 18.6. The number of rotatable bonds is 6. The number of fused-ring (bicyclic) bond motifs is 1. The number of hydrogen-bond acceptors (Lipinski definition) is 4. The molecule has 0 radical (unpaired) electrons. The molecule has 2 aliphatic heterocycles. The molecule has 2 aliphatic rings. The van der Waals surface area contributed by atoms with E-state index in [-0.39, 0.29) is 17.7 Å². The minimum atomic E-state index is -0.406. The molecule has 5 heteroatoms. The summed E-state index contributed by atoms with van der Waals surface area (Å²) in [5.41, 5.74) is 0.701. The highest BCUT2D eigenvalue weighted by Gasteiger charge is 2.53. The summed E-state index contributed by atoms with van der Waals surface area (Å²) in [5.74, 6) is 0.00597. The first-order valence-electron chi connectivity index (χ1n) is 9.54. The minimum absolute atomic E-state index is 0.0415. The molecule has 26 heavy (non-hydrogen) atoms. The van der Waals surface area contributed by atoms with Crippen LogP contribution in [0.25, 0.3) is 0 Å². The molecular formula is C21H29FN2O2. The summed E-state index contributed by atoms with van der Waals surface area (Å²) >= 11 is 0. The highest BCUT2D eigenvalue weighted by atomic mass is 19.1. The maximum atomic E-state index is 13.2. The van der Waals surface area contributed by atoms with Gasteiger partial charge in [-0.2, -0.15) is 0 Å². The van der Waals surface area contributed by atoms with Gasteiger partial charge in [0.1, 0.15) is 5.82 Å². The van der Waals surface area contributed by atoms with Crippen molar-refractivity contribution in [3.63, 3.8) is 0 Å². The Morgan fingerprint density at radius 3 is 2.77 bits per heavy atom. The molecule has 142 valence electrons. The summed E-state index contributed by atoms with van der Waals surface area (Å²) in [6.45, 7) is 11.2. The summed E-state index contributed by atoms with van der Waals surface area (Å²) in [6.07, 6.45) is 3.74. The number of hydrogen-bond donors (Lipinski definition) is 0. The highest BCUT2D eigenvalue weighted by molar-refractivity contribution is 5.78. The van der Waals surface area contributed by atoms with E-state index in [1.54, 1.807) is 0 Å². The third-order valence-electron chi connectivity index (χ3n) is 5.73. The monoisotopic (exact) mass is 360 g/mol. The van der Waals surface area contributed by atoms with Crippen LogP contribution in [-0.2, 0) is 16.1 Å². The van der Waals surface area contributed by atoms with Crippen LogP contribution in [0.4, 0.5) is 4.39 Å². The van der Waals surface area contributed by atoms with E-state index in [9.17, 15) is 9.18 Å². The van der Waals surface area contributed by atoms with Gasteiger partial charge < -0.3 is 4.74 Å². The first-order valence-corrected chi connectivity index (χ1v) is 9.54. The predicted octanol–water partition coefficient (Wildman–Crippen LogP) is 3.09. The van der Waals surface area contributed by atoms with Gasteiger partial charge >= 0.3 is 5.97 Å². The van der Waals surface area contributed by atoms with Crippen LogP contribution in [0.2, 0.25) is 0 Å². The number of esters is 1. The van der Waals surface area contributed by atoms with E-state index in [0.717, 1.165) is 57.7 Å². The van der Waals surface area contributed by atoms with Crippen LogP contribution in [0.1, 0.15) is 25.3 Å². The lowest BCUT2D eigenvalue weighted by Gasteiger charge is -2.31. The molecule has 1 aromatic carbocycles. The molecule has 2 heterocycles. The SMILES string of the molecule is C=CCN1C[C@@H]2CN(Cc3ccc(F)cc3)CCC[C@]2(C(=O)OCC)C1. The second-order valence-corrected chi connectivity index (χ2v) is 7.52. The Balaban J connectivity index is 1.76. The molecule has 2 saturated heterocycles.